The molecule has 0 spiro atoms. The molecule has 0 bridgehead atoms. The fourth-order valence-electron chi connectivity index (χ4n) is 2.93. The number of benzene rings is 1. The van der Waals surface area contributed by atoms with Gasteiger partial charge in [0.1, 0.15) is 16.3 Å². The number of hydrogen-bond donors (Lipinski definition) is 1. The fourth-order valence-corrected chi connectivity index (χ4v) is 4.20. The fraction of sp³-hybridized carbons (Fsp3) is 0.176. The third-order valence-electron chi connectivity index (χ3n) is 4.14. The molecule has 24 heavy (non-hydrogen) atoms. The van der Waals surface area contributed by atoms with Crippen LogP contribution in [0.3, 0.4) is 0 Å². The second kappa shape index (κ2) is 5.45. The second-order valence-corrected chi connectivity index (χ2v) is 6.80. The molecule has 6 nitrogen and oxygen atoms in total. The smallest absolute Gasteiger partial charge is 0.336 e. The molecule has 2 aliphatic rings. The van der Waals surface area contributed by atoms with E-state index >= 15 is 0 Å². The molecule has 2 unspecified atom stereocenters. The van der Waals surface area contributed by atoms with Crippen molar-refractivity contribution in [1.29, 1.82) is 0 Å². The lowest BCUT2D eigenvalue weighted by molar-refractivity contribution is -0.117. The van der Waals surface area contributed by atoms with Crippen LogP contribution in [0, 0.1) is 6.92 Å². The summed E-state index contributed by atoms with van der Waals surface area (Å²) in [6, 6.07) is 8.56. The number of fused-ring (bicyclic) bond motifs is 3. The van der Waals surface area contributed by atoms with Crippen molar-refractivity contribution < 1.29 is 14.7 Å². The Hall–Kier alpha value is -2.67. The number of aryl methyl sites for hydroxylation is 1. The maximum atomic E-state index is 12.9. The average Bonchev–Trinajstić information content (AvgIpc) is 2.96. The van der Waals surface area contributed by atoms with Crippen LogP contribution in [-0.4, -0.2) is 33.6 Å². The highest BCUT2D eigenvalue weighted by Gasteiger charge is 2.45. The number of amides is 1. The number of nitrogens with zero attached hydrogens (tertiary/aromatic N) is 3. The molecule has 2 aromatic rings. The van der Waals surface area contributed by atoms with E-state index in [0.29, 0.717) is 10.6 Å². The zero-order valence-corrected chi connectivity index (χ0v) is 13.5. The average molecular weight is 339 g/mol. The van der Waals surface area contributed by atoms with Crippen molar-refractivity contribution >= 4 is 35.7 Å². The van der Waals surface area contributed by atoms with Crippen LogP contribution >= 0.6 is 11.8 Å². The number of carbonyl (C=O) groups excluding carboxylic acids is 1. The predicted octanol–water partition coefficient (Wildman–Crippen LogP) is 2.68. The molecule has 2 atom stereocenters. The van der Waals surface area contributed by atoms with Gasteiger partial charge in [-0.25, -0.2) is 9.78 Å². The maximum Gasteiger partial charge on any atom is 0.336 e. The Balaban J connectivity index is 1.74. The van der Waals surface area contributed by atoms with Crippen molar-refractivity contribution in [3.8, 4) is 0 Å². The summed E-state index contributed by atoms with van der Waals surface area (Å²) in [4.78, 5) is 34.5. The van der Waals surface area contributed by atoms with Gasteiger partial charge in [-0.3, -0.25) is 14.7 Å². The van der Waals surface area contributed by atoms with Gasteiger partial charge in [0, 0.05) is 17.4 Å². The van der Waals surface area contributed by atoms with Crippen LogP contribution in [0.1, 0.15) is 27.5 Å². The van der Waals surface area contributed by atoms with E-state index in [4.69, 9.17) is 0 Å². The number of aromatic nitrogens is 1. The lowest BCUT2D eigenvalue weighted by Gasteiger charge is -2.28. The highest BCUT2D eigenvalue weighted by molar-refractivity contribution is 8.01. The van der Waals surface area contributed by atoms with Crippen molar-refractivity contribution in [2.75, 3.05) is 4.90 Å². The molecule has 1 aromatic heterocycles. The molecule has 0 aliphatic carbocycles. The molecule has 120 valence electrons. The molecule has 1 amide bonds. The van der Waals surface area contributed by atoms with Gasteiger partial charge in [-0.15, -0.1) is 0 Å². The lowest BCUT2D eigenvalue weighted by Crippen LogP contribution is -2.42. The van der Waals surface area contributed by atoms with Crippen molar-refractivity contribution in [3.63, 3.8) is 0 Å². The summed E-state index contributed by atoms with van der Waals surface area (Å²) in [6.07, 6.45) is 2.95. The third kappa shape index (κ3) is 2.20. The molecular weight excluding hydrogens is 326 g/mol. The zero-order chi connectivity index (χ0) is 16.8. The topological polar surface area (TPSA) is 82.9 Å². The highest BCUT2D eigenvalue weighted by atomic mass is 32.2. The summed E-state index contributed by atoms with van der Waals surface area (Å²) in [5.74, 6) is -1.14. The Morgan fingerprint density at radius 2 is 2.00 bits per heavy atom. The van der Waals surface area contributed by atoms with Gasteiger partial charge in [0.2, 0.25) is 5.91 Å². The third-order valence-corrected chi connectivity index (χ3v) is 5.40. The van der Waals surface area contributed by atoms with E-state index < -0.39 is 17.3 Å². The van der Waals surface area contributed by atoms with Crippen LogP contribution in [-0.2, 0) is 4.79 Å². The van der Waals surface area contributed by atoms with Crippen molar-refractivity contribution in [1.82, 2.24) is 4.98 Å². The molecule has 1 N–H and O–H groups in total. The van der Waals surface area contributed by atoms with Crippen LogP contribution < -0.4 is 4.90 Å². The molecule has 0 saturated heterocycles. The van der Waals surface area contributed by atoms with Crippen LogP contribution in [0.15, 0.2) is 46.5 Å². The molecule has 4 rings (SSSR count). The van der Waals surface area contributed by atoms with E-state index in [2.05, 4.69) is 9.98 Å². The lowest BCUT2D eigenvalue weighted by atomic mass is 9.99. The van der Waals surface area contributed by atoms with Gasteiger partial charge in [-0.05, 0) is 25.1 Å². The van der Waals surface area contributed by atoms with Gasteiger partial charge in [0.05, 0.1) is 11.9 Å². The maximum absolute atomic E-state index is 12.9. The van der Waals surface area contributed by atoms with Gasteiger partial charge < -0.3 is 5.11 Å². The minimum Gasteiger partial charge on any atom is -0.478 e. The van der Waals surface area contributed by atoms with Crippen molar-refractivity contribution in [3.05, 3.63) is 53.2 Å². The number of carbonyl (C=O) groups is 2. The number of anilines is 1. The molecule has 0 fully saturated rings. The minimum absolute atomic E-state index is 0.113. The van der Waals surface area contributed by atoms with Gasteiger partial charge in [-0.1, -0.05) is 29.5 Å². The number of rotatable bonds is 2. The summed E-state index contributed by atoms with van der Waals surface area (Å²) in [7, 11) is 0. The minimum atomic E-state index is -1.03. The van der Waals surface area contributed by atoms with E-state index in [1.807, 2.05) is 31.2 Å². The molecule has 0 radical (unpaired) electrons. The first kappa shape index (κ1) is 14.9. The largest absolute Gasteiger partial charge is 0.478 e. The number of carboxylic acid groups (broad SMARTS) is 1. The van der Waals surface area contributed by atoms with E-state index in [1.165, 1.54) is 35.3 Å². The normalized spacial score (nSPS) is 21.5. The first-order valence-electron chi connectivity index (χ1n) is 7.38. The predicted molar refractivity (Wildman–Crippen MR) is 90.7 cm³/mol. The van der Waals surface area contributed by atoms with E-state index in [0.717, 1.165) is 11.3 Å². The Kier molecular flexibility index (Phi) is 3.38. The van der Waals surface area contributed by atoms with Crippen LogP contribution in [0.4, 0.5) is 5.69 Å². The Bertz CT molecular complexity index is 879. The van der Waals surface area contributed by atoms with Gasteiger partial charge in [0.15, 0.2) is 0 Å². The van der Waals surface area contributed by atoms with Crippen molar-refractivity contribution in [2.45, 2.75) is 23.2 Å². The number of aromatic carboxylic acids is 1. The number of carboxylic acids is 1. The first-order chi connectivity index (χ1) is 11.6. The Morgan fingerprint density at radius 3 is 2.71 bits per heavy atom. The van der Waals surface area contributed by atoms with E-state index in [1.54, 1.807) is 0 Å². The number of thioether (sulfide) groups is 1. The van der Waals surface area contributed by atoms with Crippen LogP contribution in [0.2, 0.25) is 0 Å². The Labute approximate surface area is 142 Å². The molecule has 2 aliphatic heterocycles. The van der Waals surface area contributed by atoms with Crippen LogP contribution in [0.5, 0.6) is 0 Å². The van der Waals surface area contributed by atoms with Gasteiger partial charge in [-0.2, -0.15) is 0 Å². The molecule has 7 heteroatoms. The summed E-state index contributed by atoms with van der Waals surface area (Å²) >= 11 is 1.28. The van der Waals surface area contributed by atoms with Gasteiger partial charge in [0.25, 0.3) is 0 Å². The summed E-state index contributed by atoms with van der Waals surface area (Å²) in [5.41, 5.74) is 2.55. The molecule has 3 heterocycles. The summed E-state index contributed by atoms with van der Waals surface area (Å²) in [5, 5.41) is 9.46. The summed E-state index contributed by atoms with van der Waals surface area (Å²) < 4.78 is 0. The van der Waals surface area contributed by atoms with E-state index in [9.17, 15) is 14.7 Å². The zero-order valence-electron chi connectivity index (χ0n) is 12.7. The van der Waals surface area contributed by atoms with Crippen LogP contribution in [0.25, 0.3) is 0 Å². The molecule has 1 aromatic carbocycles. The molecule has 0 saturated carbocycles. The quantitative estimate of drug-likeness (QED) is 0.909. The Morgan fingerprint density at radius 1 is 1.25 bits per heavy atom. The second-order valence-electron chi connectivity index (χ2n) is 5.67. The SMILES string of the molecule is Cc1ccc(N2C=NC3c4c(C(=O)O)ccnc4SC3C2=O)cc1. The number of aliphatic imine (C=N–C) groups is 1. The number of hydrogen-bond acceptors (Lipinski definition) is 5. The first-order valence-corrected chi connectivity index (χ1v) is 8.26. The van der Waals surface area contributed by atoms with Crippen molar-refractivity contribution in [2.24, 2.45) is 4.99 Å². The molecular formula is C17H13N3O3S. The van der Waals surface area contributed by atoms with Gasteiger partial charge >= 0.3 is 5.97 Å². The highest BCUT2D eigenvalue weighted by Crippen LogP contribution is 2.48. The number of pyridine rings is 1. The van der Waals surface area contributed by atoms with E-state index in [-0.39, 0.29) is 11.5 Å². The standard InChI is InChI=1S/C17H13N3O3S/c1-9-2-4-10(5-3-9)20-8-19-13-12-11(17(22)23)6-7-18-15(12)24-14(13)16(20)21/h2-8,13-14H,1H3,(H,22,23). The summed E-state index contributed by atoms with van der Waals surface area (Å²) in [6.45, 7) is 1.98. The monoisotopic (exact) mass is 339 g/mol.